The van der Waals surface area contributed by atoms with E-state index in [0.717, 1.165) is 24.2 Å². The van der Waals surface area contributed by atoms with E-state index in [1.807, 2.05) is 30.3 Å². The van der Waals surface area contributed by atoms with Crippen LogP contribution in [0.3, 0.4) is 0 Å². The molecule has 0 aromatic heterocycles. The van der Waals surface area contributed by atoms with Crippen molar-refractivity contribution in [3.8, 4) is 0 Å². The fraction of sp³-hybridized carbons (Fsp3) is 0.300. The van der Waals surface area contributed by atoms with Crippen LogP contribution in [-0.2, 0) is 14.8 Å². The van der Waals surface area contributed by atoms with Gasteiger partial charge >= 0.3 is 0 Å². The van der Waals surface area contributed by atoms with Crippen molar-refractivity contribution >= 4 is 27.7 Å². The van der Waals surface area contributed by atoms with Crippen LogP contribution in [0.25, 0.3) is 6.08 Å². The van der Waals surface area contributed by atoms with Gasteiger partial charge in [0.25, 0.3) is 0 Å². The minimum atomic E-state index is -3.60. The number of hydrogen-bond donors (Lipinski definition) is 2. The van der Waals surface area contributed by atoms with E-state index in [0.29, 0.717) is 24.8 Å². The van der Waals surface area contributed by atoms with Crippen molar-refractivity contribution in [2.75, 3.05) is 32.8 Å². The molecule has 1 atom stereocenters. The number of halogens is 1. The van der Waals surface area contributed by atoms with Crippen molar-refractivity contribution in [1.29, 1.82) is 0 Å². The molecule has 3 rings (SSSR count). The Kier molecular flexibility index (Phi) is 7.04. The van der Waals surface area contributed by atoms with Gasteiger partial charge in [0.15, 0.2) is 0 Å². The van der Waals surface area contributed by atoms with Gasteiger partial charge < -0.3 is 9.64 Å². The molecule has 0 radical (unpaired) electrons. The van der Waals surface area contributed by atoms with Gasteiger partial charge in [-0.15, -0.1) is 0 Å². The number of rotatable bonds is 7. The van der Waals surface area contributed by atoms with Gasteiger partial charge in [-0.05, 0) is 29.3 Å². The number of morpholine rings is 1. The SMILES string of the molecule is O=S(=O)(/C=C/c1ccc(Cl)cc1)N[C@H](C[NH+]1CCOCC1)c1ccccc1. The molecule has 1 saturated heterocycles. The van der Waals surface area contributed by atoms with Crippen molar-refractivity contribution < 1.29 is 18.1 Å². The van der Waals surface area contributed by atoms with Gasteiger partial charge in [-0.25, -0.2) is 8.42 Å². The third-order valence-corrected chi connectivity index (χ3v) is 5.87. The molecule has 1 heterocycles. The van der Waals surface area contributed by atoms with Crippen LogP contribution in [0.4, 0.5) is 0 Å². The molecular weight excluding hydrogens is 384 g/mol. The predicted octanol–water partition coefficient (Wildman–Crippen LogP) is 1.89. The van der Waals surface area contributed by atoms with Crippen molar-refractivity contribution in [3.05, 3.63) is 76.2 Å². The first-order chi connectivity index (χ1) is 13.0. The third-order valence-electron chi connectivity index (χ3n) is 4.51. The molecule has 2 aromatic rings. The molecule has 1 aliphatic rings. The number of sulfonamides is 1. The molecule has 27 heavy (non-hydrogen) atoms. The summed E-state index contributed by atoms with van der Waals surface area (Å²) in [5.74, 6) is 0. The summed E-state index contributed by atoms with van der Waals surface area (Å²) in [6.45, 7) is 3.86. The van der Waals surface area contributed by atoms with Gasteiger partial charge in [0.2, 0.25) is 10.0 Å². The molecule has 0 unspecified atom stereocenters. The van der Waals surface area contributed by atoms with Crippen LogP contribution in [0.15, 0.2) is 60.0 Å². The molecule has 0 bridgehead atoms. The van der Waals surface area contributed by atoms with Crippen molar-refractivity contribution in [1.82, 2.24) is 4.72 Å². The molecule has 2 aromatic carbocycles. The number of ether oxygens (including phenoxy) is 1. The molecule has 0 aliphatic carbocycles. The molecule has 7 heteroatoms. The molecule has 1 aliphatic heterocycles. The van der Waals surface area contributed by atoms with Crippen molar-refractivity contribution in [2.24, 2.45) is 0 Å². The first-order valence-corrected chi connectivity index (χ1v) is 10.9. The lowest BCUT2D eigenvalue weighted by molar-refractivity contribution is -0.909. The monoisotopic (exact) mass is 407 g/mol. The summed E-state index contributed by atoms with van der Waals surface area (Å²) in [6, 6.07) is 16.4. The molecular formula is C20H24ClN2O3S+. The minimum absolute atomic E-state index is 0.292. The molecule has 0 spiro atoms. The number of nitrogens with one attached hydrogen (secondary N) is 2. The van der Waals surface area contributed by atoms with Gasteiger partial charge in [-0.3, -0.25) is 0 Å². The molecule has 5 nitrogen and oxygen atoms in total. The van der Waals surface area contributed by atoms with E-state index in [9.17, 15) is 8.42 Å². The van der Waals surface area contributed by atoms with Gasteiger partial charge in [0.05, 0.1) is 25.8 Å². The van der Waals surface area contributed by atoms with Gasteiger partial charge in [0.1, 0.15) is 13.1 Å². The smallest absolute Gasteiger partial charge is 0.234 e. The summed E-state index contributed by atoms with van der Waals surface area (Å²) < 4.78 is 33.5. The second-order valence-electron chi connectivity index (χ2n) is 6.55. The number of hydrogen-bond acceptors (Lipinski definition) is 3. The molecule has 2 N–H and O–H groups in total. The zero-order valence-electron chi connectivity index (χ0n) is 15.0. The van der Waals surface area contributed by atoms with E-state index in [1.165, 1.54) is 10.3 Å². The van der Waals surface area contributed by atoms with Crippen molar-refractivity contribution in [2.45, 2.75) is 6.04 Å². The Morgan fingerprint density at radius 2 is 1.74 bits per heavy atom. The zero-order chi connectivity index (χ0) is 19.1. The van der Waals surface area contributed by atoms with E-state index in [2.05, 4.69) is 4.72 Å². The maximum Gasteiger partial charge on any atom is 0.234 e. The molecule has 0 amide bonds. The topological polar surface area (TPSA) is 59.8 Å². The molecule has 0 saturated carbocycles. The van der Waals surface area contributed by atoms with Crippen LogP contribution in [0.1, 0.15) is 17.2 Å². The predicted molar refractivity (Wildman–Crippen MR) is 108 cm³/mol. The first kappa shape index (κ1) is 20.0. The highest BCUT2D eigenvalue weighted by molar-refractivity contribution is 7.92. The highest BCUT2D eigenvalue weighted by atomic mass is 35.5. The lowest BCUT2D eigenvalue weighted by Gasteiger charge is -2.28. The average molecular weight is 408 g/mol. The summed E-state index contributed by atoms with van der Waals surface area (Å²) >= 11 is 5.87. The lowest BCUT2D eigenvalue weighted by atomic mass is 10.1. The van der Waals surface area contributed by atoms with Crippen LogP contribution in [0, 0.1) is 0 Å². The average Bonchev–Trinajstić information content (AvgIpc) is 2.68. The molecule has 1 fully saturated rings. The summed E-state index contributed by atoms with van der Waals surface area (Å²) in [5.41, 5.74) is 1.74. The van der Waals surface area contributed by atoms with E-state index < -0.39 is 10.0 Å². The second-order valence-corrected chi connectivity index (χ2v) is 8.58. The Balaban J connectivity index is 1.74. The van der Waals surface area contributed by atoms with Crippen LogP contribution in [0.2, 0.25) is 5.02 Å². The maximum absolute atomic E-state index is 12.6. The van der Waals surface area contributed by atoms with Crippen LogP contribution in [0.5, 0.6) is 0 Å². The summed E-state index contributed by atoms with van der Waals surface area (Å²) in [6.07, 6.45) is 1.57. The highest BCUT2D eigenvalue weighted by Gasteiger charge is 2.24. The Bertz CT molecular complexity index is 849. The zero-order valence-corrected chi connectivity index (χ0v) is 16.5. The largest absolute Gasteiger partial charge is 0.370 e. The van der Waals surface area contributed by atoms with E-state index in [1.54, 1.807) is 30.3 Å². The molecule has 144 valence electrons. The number of quaternary nitrogens is 1. The maximum atomic E-state index is 12.6. The summed E-state index contributed by atoms with van der Waals surface area (Å²) in [4.78, 5) is 1.33. The minimum Gasteiger partial charge on any atom is -0.370 e. The van der Waals surface area contributed by atoms with E-state index in [-0.39, 0.29) is 6.04 Å². The Morgan fingerprint density at radius 1 is 1.07 bits per heavy atom. The van der Waals surface area contributed by atoms with Crippen LogP contribution < -0.4 is 9.62 Å². The quantitative estimate of drug-likeness (QED) is 0.736. The lowest BCUT2D eigenvalue weighted by Crippen LogP contribution is -3.14. The summed E-state index contributed by atoms with van der Waals surface area (Å²) in [5, 5.41) is 1.83. The van der Waals surface area contributed by atoms with Crippen LogP contribution >= 0.6 is 11.6 Å². The third kappa shape index (κ3) is 6.45. The first-order valence-electron chi connectivity index (χ1n) is 8.94. The van der Waals surface area contributed by atoms with Crippen LogP contribution in [-0.4, -0.2) is 41.3 Å². The van der Waals surface area contributed by atoms with E-state index in [4.69, 9.17) is 16.3 Å². The normalized spacial score (nSPS) is 17.2. The van der Waals surface area contributed by atoms with E-state index >= 15 is 0 Å². The standard InChI is InChI=1S/C20H23ClN2O3S/c21-19-8-6-17(7-9-19)10-15-27(24,25)22-20(18-4-2-1-3-5-18)16-23-11-13-26-14-12-23/h1-10,15,20,22H,11-14,16H2/p+1/b15-10+/t20-/m1/s1. The fourth-order valence-electron chi connectivity index (χ4n) is 3.05. The second kappa shape index (κ2) is 9.48. The Labute approximate surface area is 165 Å². The van der Waals surface area contributed by atoms with Gasteiger partial charge in [-0.1, -0.05) is 54.1 Å². The fourth-order valence-corrected chi connectivity index (χ4v) is 4.20. The van der Waals surface area contributed by atoms with Gasteiger partial charge in [0, 0.05) is 10.4 Å². The highest BCUT2D eigenvalue weighted by Crippen LogP contribution is 2.14. The summed E-state index contributed by atoms with van der Waals surface area (Å²) in [7, 11) is -3.60. The van der Waals surface area contributed by atoms with Gasteiger partial charge in [-0.2, -0.15) is 4.72 Å². The Morgan fingerprint density at radius 3 is 2.41 bits per heavy atom. The van der Waals surface area contributed by atoms with Crippen molar-refractivity contribution in [3.63, 3.8) is 0 Å². The number of benzene rings is 2. The Hall–Kier alpha value is -1.70.